The van der Waals surface area contributed by atoms with Crippen molar-refractivity contribution in [3.63, 3.8) is 0 Å². The van der Waals surface area contributed by atoms with Crippen LogP contribution in [-0.2, 0) is 20.1 Å². The Kier molecular flexibility index (Phi) is 5.29. The summed E-state index contributed by atoms with van der Waals surface area (Å²) in [6.45, 7) is 3.39. The van der Waals surface area contributed by atoms with Gasteiger partial charge in [-0.3, -0.25) is 14.5 Å². The lowest BCUT2D eigenvalue weighted by Gasteiger charge is -2.43. The number of likely N-dealkylation sites (tertiary alicyclic amines) is 1. The van der Waals surface area contributed by atoms with Crippen LogP contribution in [0, 0.1) is 11.7 Å². The van der Waals surface area contributed by atoms with Crippen LogP contribution in [0.4, 0.5) is 10.1 Å². The molecule has 2 aliphatic rings. The number of benzene rings is 2. The van der Waals surface area contributed by atoms with Crippen molar-refractivity contribution in [1.82, 2.24) is 14.0 Å². The highest BCUT2D eigenvalue weighted by atomic mass is 19.1. The number of amides is 1. The Balaban J connectivity index is 1.22. The maximum absolute atomic E-state index is 13.3. The lowest BCUT2D eigenvalue weighted by molar-refractivity contribution is 0.102. The van der Waals surface area contributed by atoms with Gasteiger partial charge in [-0.1, -0.05) is 18.2 Å². The van der Waals surface area contributed by atoms with Crippen molar-refractivity contribution in [2.75, 3.05) is 18.4 Å². The molecule has 0 aliphatic carbocycles. The van der Waals surface area contributed by atoms with Gasteiger partial charge in [0.15, 0.2) is 0 Å². The van der Waals surface area contributed by atoms with Gasteiger partial charge in [-0.15, -0.1) is 0 Å². The third-order valence-electron chi connectivity index (χ3n) is 7.41. The second-order valence-corrected chi connectivity index (χ2v) is 9.82. The highest BCUT2D eigenvalue weighted by molar-refractivity contribution is 6.04. The quantitative estimate of drug-likeness (QED) is 0.483. The number of para-hydroxylation sites is 1. The fourth-order valence-corrected chi connectivity index (χ4v) is 5.86. The topological polar surface area (TPSA) is 59.3 Å². The molecule has 6 nitrogen and oxygen atoms in total. The van der Waals surface area contributed by atoms with E-state index in [-0.39, 0.29) is 17.2 Å². The van der Waals surface area contributed by atoms with Gasteiger partial charge < -0.3 is 14.5 Å². The molecule has 0 spiro atoms. The van der Waals surface area contributed by atoms with E-state index in [9.17, 15) is 14.0 Å². The number of aryl methyl sites for hydroxylation is 1. The van der Waals surface area contributed by atoms with Gasteiger partial charge in [-0.25, -0.2) is 4.39 Å². The molecule has 0 radical (unpaired) electrons. The van der Waals surface area contributed by atoms with Gasteiger partial charge >= 0.3 is 0 Å². The molecule has 0 unspecified atom stereocenters. The van der Waals surface area contributed by atoms with Crippen LogP contribution in [0.3, 0.4) is 0 Å². The molecule has 1 N–H and O–H groups in total. The summed E-state index contributed by atoms with van der Waals surface area (Å²) in [6.07, 6.45) is 3.30. The summed E-state index contributed by atoms with van der Waals surface area (Å²) >= 11 is 0. The van der Waals surface area contributed by atoms with E-state index in [2.05, 4.69) is 52.3 Å². The van der Waals surface area contributed by atoms with Gasteiger partial charge in [0.2, 0.25) is 0 Å². The molecule has 7 heteroatoms. The third-order valence-corrected chi connectivity index (χ3v) is 7.41. The first-order chi connectivity index (χ1) is 17.0. The van der Waals surface area contributed by atoms with E-state index in [4.69, 9.17) is 0 Å². The largest absolute Gasteiger partial charge is 0.350 e. The molecule has 2 atom stereocenters. The molecule has 2 aromatic heterocycles. The number of aromatic nitrogens is 2. The number of hydrogen-bond acceptors (Lipinski definition) is 3. The lowest BCUT2D eigenvalue weighted by Crippen LogP contribution is -2.47. The number of carbonyl (C=O) groups excluding carboxylic acids is 1. The number of pyridine rings is 1. The maximum Gasteiger partial charge on any atom is 0.274 e. The highest BCUT2D eigenvalue weighted by Crippen LogP contribution is 2.36. The highest BCUT2D eigenvalue weighted by Gasteiger charge is 2.35. The van der Waals surface area contributed by atoms with Crippen molar-refractivity contribution in [2.24, 2.45) is 13.0 Å². The minimum atomic E-state index is -0.417. The maximum atomic E-state index is 13.3. The van der Waals surface area contributed by atoms with Crippen LogP contribution in [-0.4, -0.2) is 33.0 Å². The lowest BCUT2D eigenvalue weighted by atomic mass is 9.83. The number of rotatable bonds is 4. The molecule has 2 aliphatic heterocycles. The molecular weight excluding hydrogens is 443 g/mol. The Morgan fingerprint density at radius 2 is 1.83 bits per heavy atom. The van der Waals surface area contributed by atoms with Gasteiger partial charge in [-0.05, 0) is 60.4 Å². The number of nitrogens with zero attached hydrogens (tertiary/aromatic N) is 3. The molecule has 1 fully saturated rings. The van der Waals surface area contributed by atoms with Crippen LogP contribution in [0.25, 0.3) is 10.9 Å². The second kappa shape index (κ2) is 8.50. The number of piperidine rings is 1. The van der Waals surface area contributed by atoms with Gasteiger partial charge in [0, 0.05) is 67.5 Å². The summed E-state index contributed by atoms with van der Waals surface area (Å²) < 4.78 is 17.2. The molecule has 6 rings (SSSR count). The first-order valence-corrected chi connectivity index (χ1v) is 12.0. The van der Waals surface area contributed by atoms with Crippen molar-refractivity contribution >= 4 is 22.5 Å². The predicted molar refractivity (Wildman–Crippen MR) is 134 cm³/mol. The van der Waals surface area contributed by atoms with Gasteiger partial charge in [0.25, 0.3) is 11.5 Å². The molecule has 0 saturated carbocycles. The molecule has 4 heterocycles. The Hall–Kier alpha value is -3.71. The van der Waals surface area contributed by atoms with Crippen molar-refractivity contribution in [3.05, 3.63) is 99.9 Å². The van der Waals surface area contributed by atoms with E-state index in [1.807, 2.05) is 10.6 Å². The Bertz CT molecular complexity index is 1490. The minimum Gasteiger partial charge on any atom is -0.350 e. The van der Waals surface area contributed by atoms with Crippen LogP contribution in [0.5, 0.6) is 0 Å². The van der Waals surface area contributed by atoms with Crippen molar-refractivity contribution in [1.29, 1.82) is 0 Å². The average Bonchev–Trinajstić information content (AvgIpc) is 3.17. The minimum absolute atomic E-state index is 0.171. The van der Waals surface area contributed by atoms with E-state index in [1.165, 1.54) is 40.7 Å². The summed E-state index contributed by atoms with van der Waals surface area (Å²) in [6, 6.07) is 17.5. The van der Waals surface area contributed by atoms with E-state index in [0.29, 0.717) is 18.0 Å². The Morgan fingerprint density at radius 3 is 2.66 bits per heavy atom. The molecule has 1 saturated heterocycles. The van der Waals surface area contributed by atoms with E-state index < -0.39 is 11.7 Å². The van der Waals surface area contributed by atoms with Crippen molar-refractivity contribution in [2.45, 2.75) is 25.4 Å². The SMILES string of the molecule is Cn1cc(CN2C[C@H]3C[C@H](C2)c2ccc(NC(=O)c4ccc(F)cc4)c(=O)n2C3)c2ccccc21. The molecular formula is C28H27FN4O2. The molecule has 2 bridgehead atoms. The summed E-state index contributed by atoms with van der Waals surface area (Å²) in [4.78, 5) is 28.3. The number of halogens is 1. The van der Waals surface area contributed by atoms with Crippen LogP contribution in [0.15, 0.2) is 71.7 Å². The van der Waals surface area contributed by atoms with Crippen LogP contribution < -0.4 is 10.9 Å². The average molecular weight is 471 g/mol. The fraction of sp³-hybridized carbons (Fsp3) is 0.286. The number of fused-ring (bicyclic) bond motifs is 5. The van der Waals surface area contributed by atoms with Gasteiger partial charge in [-0.2, -0.15) is 0 Å². The van der Waals surface area contributed by atoms with Gasteiger partial charge in [0.05, 0.1) is 0 Å². The summed E-state index contributed by atoms with van der Waals surface area (Å²) in [5.74, 6) is -0.152. The predicted octanol–water partition coefficient (Wildman–Crippen LogP) is 4.35. The Morgan fingerprint density at radius 1 is 1.03 bits per heavy atom. The molecule has 1 amide bonds. The van der Waals surface area contributed by atoms with Crippen molar-refractivity contribution < 1.29 is 9.18 Å². The zero-order chi connectivity index (χ0) is 24.1. The normalized spacial score (nSPS) is 19.5. The van der Waals surface area contributed by atoms with Gasteiger partial charge in [0.1, 0.15) is 11.5 Å². The first-order valence-electron chi connectivity index (χ1n) is 12.0. The van der Waals surface area contributed by atoms with E-state index in [1.54, 1.807) is 6.07 Å². The smallest absolute Gasteiger partial charge is 0.274 e. The fourth-order valence-electron chi connectivity index (χ4n) is 5.86. The Labute approximate surface area is 202 Å². The summed E-state index contributed by atoms with van der Waals surface area (Å²) in [7, 11) is 2.09. The third kappa shape index (κ3) is 3.96. The van der Waals surface area contributed by atoms with E-state index >= 15 is 0 Å². The summed E-state index contributed by atoms with van der Waals surface area (Å²) in [5.41, 5.74) is 4.01. The standard InChI is InChI=1S/C28H27FN4O2/c1-31-15-21(23-4-2-3-5-26(23)31)17-32-13-18-12-20(16-32)25-11-10-24(28(35)33(25)14-18)30-27(34)19-6-8-22(29)9-7-19/h2-11,15,18,20H,12-14,16-17H2,1H3,(H,30,34)/t18-,20-/m1/s1. The zero-order valence-electron chi connectivity index (χ0n) is 19.6. The molecule has 178 valence electrons. The van der Waals surface area contributed by atoms with Crippen molar-refractivity contribution in [3.8, 4) is 0 Å². The molecule has 4 aromatic rings. The number of anilines is 1. The monoisotopic (exact) mass is 470 g/mol. The second-order valence-electron chi connectivity index (χ2n) is 9.82. The van der Waals surface area contributed by atoms with E-state index in [0.717, 1.165) is 31.7 Å². The number of carbonyl (C=O) groups is 1. The molecule has 2 aromatic carbocycles. The summed E-state index contributed by atoms with van der Waals surface area (Å²) in [5, 5.41) is 4.01. The zero-order valence-corrected chi connectivity index (χ0v) is 19.6. The van der Waals surface area contributed by atoms with Crippen LogP contribution >= 0.6 is 0 Å². The van der Waals surface area contributed by atoms with Crippen LogP contribution in [0.2, 0.25) is 0 Å². The molecule has 35 heavy (non-hydrogen) atoms. The van der Waals surface area contributed by atoms with Crippen LogP contribution in [0.1, 0.15) is 34.0 Å². The first kappa shape index (κ1) is 21.8. The number of hydrogen-bond donors (Lipinski definition) is 1. The number of nitrogens with one attached hydrogen (secondary N) is 1.